The number of benzene rings is 2. The van der Waals surface area contributed by atoms with Crippen molar-refractivity contribution in [1.29, 1.82) is 0 Å². The molecule has 0 saturated heterocycles. The van der Waals surface area contributed by atoms with E-state index in [1.807, 2.05) is 18.2 Å². The zero-order valence-electron chi connectivity index (χ0n) is 11.7. The van der Waals surface area contributed by atoms with Crippen molar-refractivity contribution >= 4 is 39.8 Å². The van der Waals surface area contributed by atoms with Gasteiger partial charge in [0.15, 0.2) is 0 Å². The minimum absolute atomic E-state index is 0.188. The topological polar surface area (TPSA) is 74.3 Å². The second-order valence-corrected chi connectivity index (χ2v) is 5.29. The molecule has 110 valence electrons. The molecule has 0 radical (unpaired) electrons. The Bertz CT molecular complexity index is 886. The Balaban J connectivity index is 2.26. The smallest absolute Gasteiger partial charge is 0.221 e. The van der Waals surface area contributed by atoms with Gasteiger partial charge in [0.2, 0.25) is 5.91 Å². The van der Waals surface area contributed by atoms with Crippen molar-refractivity contribution in [3.8, 4) is 11.3 Å². The van der Waals surface area contributed by atoms with Gasteiger partial charge in [-0.25, -0.2) is 0 Å². The fourth-order valence-electron chi connectivity index (χ4n) is 2.44. The van der Waals surface area contributed by atoms with E-state index in [2.05, 4.69) is 15.5 Å². The highest BCUT2D eigenvalue weighted by molar-refractivity contribution is 6.31. The number of hydrogen-bond donors (Lipinski definition) is 2. The summed E-state index contributed by atoms with van der Waals surface area (Å²) in [5, 5.41) is 7.07. The van der Waals surface area contributed by atoms with Crippen molar-refractivity contribution < 1.29 is 4.79 Å². The molecular formula is C16H12ClN3O2. The molecule has 0 saturated carbocycles. The van der Waals surface area contributed by atoms with Gasteiger partial charge in [-0.3, -0.25) is 4.79 Å². The zero-order chi connectivity index (χ0) is 15.7. The van der Waals surface area contributed by atoms with Crippen LogP contribution in [0.15, 0.2) is 47.6 Å². The highest BCUT2D eigenvalue weighted by Crippen LogP contribution is 2.40. The van der Waals surface area contributed by atoms with Gasteiger partial charge >= 0.3 is 0 Å². The molecule has 0 spiro atoms. The second kappa shape index (κ2) is 5.61. The van der Waals surface area contributed by atoms with Gasteiger partial charge in [0.1, 0.15) is 5.69 Å². The number of aromatic nitrogens is 1. The van der Waals surface area contributed by atoms with Crippen molar-refractivity contribution in [2.75, 3.05) is 5.32 Å². The van der Waals surface area contributed by atoms with Gasteiger partial charge in [-0.05, 0) is 29.4 Å². The fourth-order valence-corrected chi connectivity index (χ4v) is 2.61. The third-order valence-electron chi connectivity index (χ3n) is 3.33. The van der Waals surface area contributed by atoms with Crippen LogP contribution < -0.4 is 5.32 Å². The SMILES string of the molecule is CC(=O)Nc1ccccc1-c1[nH]c2ccc(Cl)cc2c1N=O. The van der Waals surface area contributed by atoms with E-state index in [1.54, 1.807) is 24.3 Å². The van der Waals surface area contributed by atoms with Crippen LogP contribution in [0, 0.1) is 4.91 Å². The zero-order valence-corrected chi connectivity index (χ0v) is 12.4. The molecule has 0 fully saturated rings. The maximum Gasteiger partial charge on any atom is 0.221 e. The monoisotopic (exact) mass is 313 g/mol. The maximum atomic E-state index is 11.3. The molecule has 1 amide bonds. The highest BCUT2D eigenvalue weighted by atomic mass is 35.5. The van der Waals surface area contributed by atoms with E-state index in [9.17, 15) is 9.70 Å². The number of para-hydroxylation sites is 1. The van der Waals surface area contributed by atoms with Crippen molar-refractivity contribution in [2.45, 2.75) is 6.92 Å². The summed E-state index contributed by atoms with van der Waals surface area (Å²) in [6.07, 6.45) is 0. The van der Waals surface area contributed by atoms with Gasteiger partial charge in [0.25, 0.3) is 0 Å². The van der Waals surface area contributed by atoms with Crippen LogP contribution in [0.3, 0.4) is 0 Å². The third kappa shape index (κ3) is 2.46. The summed E-state index contributed by atoms with van der Waals surface area (Å²) in [4.78, 5) is 25.8. The quantitative estimate of drug-likeness (QED) is 0.679. The Labute approximate surface area is 131 Å². The lowest BCUT2D eigenvalue weighted by Gasteiger charge is -2.08. The summed E-state index contributed by atoms with van der Waals surface area (Å²) in [7, 11) is 0. The lowest BCUT2D eigenvalue weighted by molar-refractivity contribution is -0.114. The van der Waals surface area contributed by atoms with Crippen molar-refractivity contribution in [3.05, 3.63) is 52.4 Å². The minimum atomic E-state index is -0.188. The summed E-state index contributed by atoms with van der Waals surface area (Å²) in [5.74, 6) is -0.188. The van der Waals surface area contributed by atoms with Crippen LogP contribution in [-0.2, 0) is 4.79 Å². The number of nitrogens with one attached hydrogen (secondary N) is 2. The number of nitroso groups, excluding NO2 is 1. The summed E-state index contributed by atoms with van der Waals surface area (Å²) < 4.78 is 0. The van der Waals surface area contributed by atoms with E-state index in [-0.39, 0.29) is 11.6 Å². The lowest BCUT2D eigenvalue weighted by Crippen LogP contribution is -2.06. The Morgan fingerprint density at radius 2 is 2.00 bits per heavy atom. The molecular weight excluding hydrogens is 302 g/mol. The summed E-state index contributed by atoms with van der Waals surface area (Å²) >= 11 is 5.99. The van der Waals surface area contributed by atoms with E-state index in [1.165, 1.54) is 6.92 Å². The number of aromatic amines is 1. The Kier molecular flexibility index (Phi) is 3.65. The number of anilines is 1. The van der Waals surface area contributed by atoms with Crippen LogP contribution in [0.1, 0.15) is 6.92 Å². The van der Waals surface area contributed by atoms with E-state index in [4.69, 9.17) is 11.6 Å². The van der Waals surface area contributed by atoms with Gasteiger partial charge in [-0.2, -0.15) is 0 Å². The molecule has 3 rings (SSSR count). The first kappa shape index (κ1) is 14.3. The van der Waals surface area contributed by atoms with E-state index >= 15 is 0 Å². The Morgan fingerprint density at radius 1 is 1.23 bits per heavy atom. The largest absolute Gasteiger partial charge is 0.353 e. The molecule has 0 unspecified atom stereocenters. The van der Waals surface area contributed by atoms with Gasteiger partial charge in [0.05, 0.1) is 11.4 Å². The molecule has 0 aliphatic rings. The fraction of sp³-hybridized carbons (Fsp3) is 0.0625. The Hall–Kier alpha value is -2.66. The number of halogens is 1. The number of carbonyl (C=O) groups is 1. The number of H-pyrrole nitrogens is 1. The first-order valence-corrected chi connectivity index (χ1v) is 6.99. The predicted molar refractivity (Wildman–Crippen MR) is 88.5 cm³/mol. The summed E-state index contributed by atoms with van der Waals surface area (Å²) in [6.45, 7) is 1.43. The average molecular weight is 314 g/mol. The average Bonchev–Trinajstić information content (AvgIpc) is 2.84. The molecule has 0 bridgehead atoms. The van der Waals surface area contributed by atoms with Crippen LogP contribution in [0.4, 0.5) is 11.4 Å². The number of carbonyl (C=O) groups excluding carboxylic acids is 1. The van der Waals surface area contributed by atoms with Crippen LogP contribution >= 0.6 is 11.6 Å². The normalized spacial score (nSPS) is 10.6. The van der Waals surface area contributed by atoms with Gasteiger partial charge in [-0.1, -0.05) is 29.8 Å². The van der Waals surface area contributed by atoms with Crippen LogP contribution in [-0.4, -0.2) is 10.9 Å². The number of hydrogen-bond acceptors (Lipinski definition) is 3. The molecule has 1 heterocycles. The number of fused-ring (bicyclic) bond motifs is 1. The number of amides is 1. The first-order chi connectivity index (χ1) is 10.6. The maximum absolute atomic E-state index is 11.3. The highest BCUT2D eigenvalue weighted by Gasteiger charge is 2.17. The van der Waals surface area contributed by atoms with Gasteiger partial charge < -0.3 is 10.3 Å². The molecule has 0 aliphatic carbocycles. The van der Waals surface area contributed by atoms with E-state index in [0.717, 1.165) is 5.52 Å². The Morgan fingerprint density at radius 3 is 2.73 bits per heavy atom. The molecule has 1 aromatic heterocycles. The summed E-state index contributed by atoms with van der Waals surface area (Å²) in [5.41, 5.74) is 2.88. The van der Waals surface area contributed by atoms with Crippen molar-refractivity contribution in [3.63, 3.8) is 0 Å². The molecule has 22 heavy (non-hydrogen) atoms. The summed E-state index contributed by atoms with van der Waals surface area (Å²) in [6, 6.07) is 12.4. The second-order valence-electron chi connectivity index (χ2n) is 4.86. The van der Waals surface area contributed by atoms with Crippen molar-refractivity contribution in [2.24, 2.45) is 5.18 Å². The predicted octanol–water partition coefficient (Wildman–Crippen LogP) is 4.84. The third-order valence-corrected chi connectivity index (χ3v) is 3.57. The van der Waals surface area contributed by atoms with Crippen molar-refractivity contribution in [1.82, 2.24) is 4.98 Å². The van der Waals surface area contributed by atoms with Gasteiger partial charge in [0, 0.05) is 28.4 Å². The van der Waals surface area contributed by atoms with Crippen LogP contribution in [0.5, 0.6) is 0 Å². The van der Waals surface area contributed by atoms with Gasteiger partial charge in [-0.15, -0.1) is 4.91 Å². The number of rotatable bonds is 3. The van der Waals surface area contributed by atoms with E-state index in [0.29, 0.717) is 27.4 Å². The van der Waals surface area contributed by atoms with Crippen LogP contribution in [0.25, 0.3) is 22.2 Å². The lowest BCUT2D eigenvalue weighted by atomic mass is 10.1. The first-order valence-electron chi connectivity index (χ1n) is 6.61. The molecule has 3 aromatic rings. The van der Waals surface area contributed by atoms with Crippen LogP contribution in [0.2, 0.25) is 5.02 Å². The standard InChI is InChI=1S/C16H12ClN3O2/c1-9(21)18-13-5-3-2-4-11(13)15-16(20-22)12-8-10(17)6-7-14(12)19-15/h2-8,19H,1H3,(H,18,21). The molecule has 2 N–H and O–H groups in total. The molecule has 0 atom stereocenters. The molecule has 6 heteroatoms. The molecule has 2 aromatic carbocycles. The molecule has 5 nitrogen and oxygen atoms in total. The number of nitrogens with zero attached hydrogens (tertiary/aromatic N) is 1. The molecule has 0 aliphatic heterocycles. The van der Waals surface area contributed by atoms with E-state index < -0.39 is 0 Å². The minimum Gasteiger partial charge on any atom is -0.353 e.